The summed E-state index contributed by atoms with van der Waals surface area (Å²) in [5.74, 6) is 0. The van der Waals surface area contributed by atoms with E-state index in [1.54, 1.807) is 0 Å². The molecule has 0 saturated heterocycles. The molecular formula is C16H19N. The SMILES string of the molecule is Cc1ccc2ccc(C3(CN)CCC3)cc2c1. The number of nitrogens with two attached hydrogens (primary N) is 1. The van der Waals surface area contributed by atoms with Gasteiger partial charge in [-0.25, -0.2) is 0 Å². The Morgan fingerprint density at radius 2 is 1.82 bits per heavy atom. The van der Waals surface area contributed by atoms with Crippen molar-refractivity contribution >= 4 is 10.8 Å². The molecule has 1 aliphatic rings. The quantitative estimate of drug-likeness (QED) is 0.831. The highest BCUT2D eigenvalue weighted by Gasteiger charge is 2.37. The predicted molar refractivity (Wildman–Crippen MR) is 73.3 cm³/mol. The van der Waals surface area contributed by atoms with Crippen molar-refractivity contribution in [3.8, 4) is 0 Å². The third-order valence-corrected chi connectivity index (χ3v) is 4.31. The third-order valence-electron chi connectivity index (χ3n) is 4.31. The minimum Gasteiger partial charge on any atom is -0.330 e. The Balaban J connectivity index is 2.12. The van der Waals surface area contributed by atoms with Gasteiger partial charge in [0.1, 0.15) is 0 Å². The number of benzene rings is 2. The van der Waals surface area contributed by atoms with Crippen molar-refractivity contribution in [2.75, 3.05) is 6.54 Å². The fraction of sp³-hybridized carbons (Fsp3) is 0.375. The first-order valence-corrected chi connectivity index (χ1v) is 6.44. The first-order chi connectivity index (χ1) is 8.23. The highest BCUT2D eigenvalue weighted by molar-refractivity contribution is 5.84. The van der Waals surface area contributed by atoms with Gasteiger partial charge < -0.3 is 5.73 Å². The van der Waals surface area contributed by atoms with Crippen molar-refractivity contribution < 1.29 is 0 Å². The maximum atomic E-state index is 5.97. The number of fused-ring (bicyclic) bond motifs is 1. The molecule has 3 rings (SSSR count). The minimum absolute atomic E-state index is 0.276. The number of aryl methyl sites for hydroxylation is 1. The van der Waals surface area contributed by atoms with Crippen LogP contribution >= 0.6 is 0 Å². The zero-order chi connectivity index (χ0) is 11.9. The van der Waals surface area contributed by atoms with E-state index in [0.29, 0.717) is 0 Å². The molecule has 0 spiro atoms. The van der Waals surface area contributed by atoms with Gasteiger partial charge in [-0.3, -0.25) is 0 Å². The second-order valence-electron chi connectivity index (χ2n) is 5.40. The first kappa shape index (κ1) is 10.8. The van der Waals surface area contributed by atoms with Crippen molar-refractivity contribution in [1.29, 1.82) is 0 Å². The summed E-state index contributed by atoms with van der Waals surface area (Å²) < 4.78 is 0. The minimum atomic E-state index is 0.276. The van der Waals surface area contributed by atoms with Crippen LogP contribution in [0.25, 0.3) is 10.8 Å². The molecule has 0 radical (unpaired) electrons. The van der Waals surface area contributed by atoms with Crippen LogP contribution in [0.15, 0.2) is 36.4 Å². The van der Waals surface area contributed by atoms with Crippen LogP contribution in [0.5, 0.6) is 0 Å². The lowest BCUT2D eigenvalue weighted by Crippen LogP contribution is -2.41. The van der Waals surface area contributed by atoms with E-state index >= 15 is 0 Å². The van der Waals surface area contributed by atoms with Gasteiger partial charge in [0.15, 0.2) is 0 Å². The fourth-order valence-corrected chi connectivity index (χ4v) is 2.91. The molecule has 1 fully saturated rings. The Kier molecular flexibility index (Phi) is 2.44. The van der Waals surface area contributed by atoms with Gasteiger partial charge in [-0.1, -0.05) is 48.4 Å². The number of hydrogen-bond acceptors (Lipinski definition) is 1. The zero-order valence-corrected chi connectivity index (χ0v) is 10.4. The molecule has 0 unspecified atom stereocenters. The standard InChI is InChI=1S/C16H19N/c1-12-3-4-13-5-6-15(10-14(13)9-12)16(11-17)7-2-8-16/h3-6,9-10H,2,7-8,11,17H2,1H3. The van der Waals surface area contributed by atoms with E-state index in [0.717, 1.165) is 6.54 Å². The summed E-state index contributed by atoms with van der Waals surface area (Å²) in [5, 5.41) is 2.67. The Bertz CT molecular complexity index is 547. The van der Waals surface area contributed by atoms with Gasteiger partial charge in [0.25, 0.3) is 0 Å². The van der Waals surface area contributed by atoms with Crippen LogP contribution in [0.4, 0.5) is 0 Å². The van der Waals surface area contributed by atoms with Gasteiger partial charge >= 0.3 is 0 Å². The zero-order valence-electron chi connectivity index (χ0n) is 10.4. The molecule has 1 nitrogen and oxygen atoms in total. The van der Waals surface area contributed by atoms with Gasteiger partial charge in [0, 0.05) is 12.0 Å². The predicted octanol–water partition coefficient (Wildman–Crippen LogP) is 3.53. The van der Waals surface area contributed by atoms with Crippen molar-refractivity contribution in [3.05, 3.63) is 47.5 Å². The lowest BCUT2D eigenvalue weighted by molar-refractivity contribution is 0.253. The Labute approximate surface area is 103 Å². The van der Waals surface area contributed by atoms with Crippen LogP contribution in [-0.4, -0.2) is 6.54 Å². The monoisotopic (exact) mass is 225 g/mol. The second-order valence-corrected chi connectivity index (χ2v) is 5.40. The van der Waals surface area contributed by atoms with Crippen LogP contribution in [-0.2, 0) is 5.41 Å². The van der Waals surface area contributed by atoms with Crippen molar-refractivity contribution in [1.82, 2.24) is 0 Å². The summed E-state index contributed by atoms with van der Waals surface area (Å²) in [7, 11) is 0. The first-order valence-electron chi connectivity index (χ1n) is 6.44. The van der Waals surface area contributed by atoms with Gasteiger partial charge in [0.05, 0.1) is 0 Å². The molecular weight excluding hydrogens is 206 g/mol. The molecule has 0 bridgehead atoms. The molecule has 1 heteroatoms. The average molecular weight is 225 g/mol. The normalized spacial score (nSPS) is 18.0. The number of hydrogen-bond donors (Lipinski definition) is 1. The second kappa shape index (κ2) is 3.85. The molecule has 0 amide bonds. The third kappa shape index (κ3) is 1.66. The smallest absolute Gasteiger partial charge is 0.00758 e. The Morgan fingerprint density at radius 1 is 1.06 bits per heavy atom. The van der Waals surface area contributed by atoms with Crippen molar-refractivity contribution in [3.63, 3.8) is 0 Å². The van der Waals surface area contributed by atoms with E-state index in [-0.39, 0.29) is 5.41 Å². The highest BCUT2D eigenvalue weighted by atomic mass is 14.6. The van der Waals surface area contributed by atoms with Gasteiger partial charge in [-0.05, 0) is 36.1 Å². The van der Waals surface area contributed by atoms with Gasteiger partial charge in [-0.15, -0.1) is 0 Å². The fourth-order valence-electron chi connectivity index (χ4n) is 2.91. The summed E-state index contributed by atoms with van der Waals surface area (Å²) in [4.78, 5) is 0. The van der Waals surface area contributed by atoms with Crippen molar-refractivity contribution in [2.24, 2.45) is 5.73 Å². The van der Waals surface area contributed by atoms with Crippen LogP contribution in [0.3, 0.4) is 0 Å². The maximum absolute atomic E-state index is 5.97. The largest absolute Gasteiger partial charge is 0.330 e. The van der Waals surface area contributed by atoms with Crippen LogP contribution in [0, 0.1) is 6.92 Å². The van der Waals surface area contributed by atoms with E-state index in [1.165, 1.54) is 41.2 Å². The van der Waals surface area contributed by atoms with E-state index in [1.807, 2.05) is 0 Å². The lowest BCUT2D eigenvalue weighted by Gasteiger charge is -2.41. The van der Waals surface area contributed by atoms with Crippen LogP contribution in [0.2, 0.25) is 0 Å². The summed E-state index contributed by atoms with van der Waals surface area (Å²) in [5.41, 5.74) is 9.01. The van der Waals surface area contributed by atoms with E-state index in [2.05, 4.69) is 43.3 Å². The Hall–Kier alpha value is -1.34. The van der Waals surface area contributed by atoms with E-state index < -0.39 is 0 Å². The van der Waals surface area contributed by atoms with Crippen molar-refractivity contribution in [2.45, 2.75) is 31.6 Å². The molecule has 1 aliphatic carbocycles. The summed E-state index contributed by atoms with van der Waals surface area (Å²) >= 11 is 0. The molecule has 0 aliphatic heterocycles. The lowest BCUT2D eigenvalue weighted by atomic mass is 9.64. The van der Waals surface area contributed by atoms with E-state index in [9.17, 15) is 0 Å². The molecule has 2 aromatic rings. The highest BCUT2D eigenvalue weighted by Crippen LogP contribution is 2.43. The molecule has 2 aromatic carbocycles. The summed E-state index contributed by atoms with van der Waals surface area (Å²) in [6, 6.07) is 13.5. The summed E-state index contributed by atoms with van der Waals surface area (Å²) in [6.45, 7) is 2.93. The molecule has 0 heterocycles. The van der Waals surface area contributed by atoms with E-state index in [4.69, 9.17) is 5.73 Å². The van der Waals surface area contributed by atoms with Crippen LogP contribution in [0.1, 0.15) is 30.4 Å². The maximum Gasteiger partial charge on any atom is 0.00758 e. The molecule has 0 aromatic heterocycles. The molecule has 17 heavy (non-hydrogen) atoms. The van der Waals surface area contributed by atoms with Gasteiger partial charge in [-0.2, -0.15) is 0 Å². The summed E-state index contributed by atoms with van der Waals surface area (Å²) in [6.07, 6.45) is 3.82. The molecule has 88 valence electrons. The average Bonchev–Trinajstić information content (AvgIpc) is 2.28. The molecule has 0 atom stereocenters. The van der Waals surface area contributed by atoms with Gasteiger partial charge in [0.2, 0.25) is 0 Å². The molecule has 2 N–H and O–H groups in total. The Morgan fingerprint density at radius 3 is 2.47 bits per heavy atom. The number of rotatable bonds is 2. The topological polar surface area (TPSA) is 26.0 Å². The molecule has 1 saturated carbocycles. The van der Waals surface area contributed by atoms with Crippen LogP contribution < -0.4 is 5.73 Å².